The van der Waals surface area contributed by atoms with Crippen LogP contribution in [0.25, 0.3) is 5.82 Å². The molecule has 0 radical (unpaired) electrons. The summed E-state index contributed by atoms with van der Waals surface area (Å²) in [5, 5.41) is 4.19. The summed E-state index contributed by atoms with van der Waals surface area (Å²) in [7, 11) is 0. The minimum atomic E-state index is -4.37. The van der Waals surface area contributed by atoms with Gasteiger partial charge in [-0.1, -0.05) is 23.8 Å². The fourth-order valence-corrected chi connectivity index (χ4v) is 2.33. The zero-order valence-electron chi connectivity index (χ0n) is 12.4. The molecule has 0 unspecified atom stereocenters. The van der Waals surface area contributed by atoms with Crippen molar-refractivity contribution >= 4 is 23.8 Å². The largest absolute Gasteiger partial charge is 0.336 e. The van der Waals surface area contributed by atoms with Crippen LogP contribution in [0.5, 0.6) is 0 Å². The molecule has 0 bridgehead atoms. The quantitative estimate of drug-likeness (QED) is 0.565. The number of hydrogen-bond donors (Lipinski definition) is 0. The first-order chi connectivity index (χ1) is 10.4. The fourth-order valence-electron chi connectivity index (χ4n) is 1.87. The van der Waals surface area contributed by atoms with Crippen LogP contribution in [0.15, 0.2) is 18.3 Å². The number of nitrogens with zero attached hydrogens (tertiary/aromatic N) is 3. The van der Waals surface area contributed by atoms with E-state index < -0.39 is 17.4 Å². The molecule has 3 nitrogen and oxygen atoms in total. The van der Waals surface area contributed by atoms with Crippen molar-refractivity contribution < 1.29 is 17.6 Å². The van der Waals surface area contributed by atoms with Gasteiger partial charge in [-0.05, 0) is 31.5 Å². The van der Waals surface area contributed by atoms with E-state index in [-0.39, 0.29) is 11.6 Å². The van der Waals surface area contributed by atoms with Gasteiger partial charge >= 0.3 is 11.8 Å². The van der Waals surface area contributed by atoms with E-state index >= 15 is 0 Å². The minimum Gasteiger partial charge on any atom is -0.232 e. The van der Waals surface area contributed by atoms with Gasteiger partial charge in [0.1, 0.15) is 4.64 Å². The highest BCUT2D eigenvalue weighted by atomic mass is 35.5. The van der Waals surface area contributed by atoms with Crippen LogP contribution in [0.2, 0.25) is 5.02 Å². The second-order valence-corrected chi connectivity index (χ2v) is 5.98. The van der Waals surface area contributed by atoms with E-state index in [2.05, 4.69) is 10.1 Å². The first kappa shape index (κ1) is 17.8. The van der Waals surface area contributed by atoms with Gasteiger partial charge in [0.15, 0.2) is 5.82 Å². The number of halogens is 5. The van der Waals surface area contributed by atoms with E-state index in [4.69, 9.17) is 23.8 Å². The maximum atomic E-state index is 13.7. The Morgan fingerprint density at radius 2 is 1.78 bits per heavy atom. The van der Waals surface area contributed by atoms with Crippen molar-refractivity contribution in [2.24, 2.45) is 0 Å². The van der Waals surface area contributed by atoms with Crippen LogP contribution in [-0.4, -0.2) is 20.7 Å². The third-order valence-electron chi connectivity index (χ3n) is 3.23. The van der Waals surface area contributed by atoms with Gasteiger partial charge in [-0.25, -0.2) is 9.67 Å². The maximum Gasteiger partial charge on any atom is 0.336 e. The van der Waals surface area contributed by atoms with Crippen LogP contribution in [0.4, 0.5) is 17.6 Å². The molecule has 0 saturated carbocycles. The highest BCUT2D eigenvalue weighted by Gasteiger charge is 2.53. The molecule has 0 atom stereocenters. The van der Waals surface area contributed by atoms with Gasteiger partial charge < -0.3 is 0 Å². The van der Waals surface area contributed by atoms with Crippen molar-refractivity contribution in [2.75, 3.05) is 0 Å². The van der Waals surface area contributed by atoms with Gasteiger partial charge in [-0.15, -0.1) is 0 Å². The van der Waals surface area contributed by atoms with Crippen LogP contribution >= 0.6 is 23.8 Å². The Hall–Kier alpha value is -1.54. The highest BCUT2D eigenvalue weighted by molar-refractivity contribution is 7.71. The molecule has 2 heterocycles. The molecule has 0 aromatic carbocycles. The Balaban J connectivity index is 2.58. The Labute approximate surface area is 139 Å². The van der Waals surface area contributed by atoms with E-state index in [0.717, 1.165) is 10.7 Å². The number of aryl methyl sites for hydroxylation is 2. The number of pyridine rings is 1. The lowest BCUT2D eigenvalue weighted by Crippen LogP contribution is -2.35. The third-order valence-corrected chi connectivity index (χ3v) is 3.90. The van der Waals surface area contributed by atoms with Gasteiger partial charge in [-0.3, -0.25) is 0 Å². The molecule has 9 heteroatoms. The molecule has 0 aliphatic heterocycles. The number of hydrogen-bond acceptors (Lipinski definition) is 3. The summed E-state index contributed by atoms with van der Waals surface area (Å²) in [5.74, 6) is -8.30. The van der Waals surface area contributed by atoms with Gasteiger partial charge in [0, 0.05) is 6.92 Å². The zero-order valence-corrected chi connectivity index (χ0v) is 13.9. The van der Waals surface area contributed by atoms with Gasteiger partial charge in [0.05, 0.1) is 22.5 Å². The molecule has 2 aromatic rings. The van der Waals surface area contributed by atoms with Gasteiger partial charge in [0.2, 0.25) is 0 Å². The second-order valence-electron chi connectivity index (χ2n) is 5.15. The van der Waals surface area contributed by atoms with E-state index in [1.165, 1.54) is 0 Å². The van der Waals surface area contributed by atoms with E-state index in [9.17, 15) is 17.6 Å². The molecular formula is C14H12ClF4N3S. The lowest BCUT2D eigenvalue weighted by atomic mass is 10.1. The predicted molar refractivity (Wildman–Crippen MR) is 81.2 cm³/mol. The van der Waals surface area contributed by atoms with E-state index in [1.54, 1.807) is 19.9 Å². The molecule has 0 saturated heterocycles. The summed E-state index contributed by atoms with van der Waals surface area (Å²) in [6.45, 7) is 3.50. The molecule has 2 aromatic heterocycles. The monoisotopic (exact) mass is 365 g/mol. The van der Waals surface area contributed by atoms with Crippen LogP contribution < -0.4 is 0 Å². The average molecular weight is 366 g/mol. The van der Waals surface area contributed by atoms with Crippen molar-refractivity contribution in [1.29, 1.82) is 0 Å². The molecule has 23 heavy (non-hydrogen) atoms. The predicted octanol–water partition coefficient (Wildman–Crippen LogP) is 5.01. The SMILES string of the molecule is Cc1cc(Cl)c(C)nc1-n1ncc(C(F)(F)C(C)(F)F)cc1=S. The summed E-state index contributed by atoms with van der Waals surface area (Å²) in [5.41, 5.74) is 0.171. The molecule has 0 aliphatic carbocycles. The molecule has 2 rings (SSSR count). The molecule has 0 N–H and O–H groups in total. The van der Waals surface area contributed by atoms with Crippen LogP contribution in [-0.2, 0) is 5.92 Å². The first-order valence-electron chi connectivity index (χ1n) is 6.45. The van der Waals surface area contributed by atoms with E-state index in [0.29, 0.717) is 28.3 Å². The van der Waals surface area contributed by atoms with Crippen LogP contribution in [0, 0.1) is 18.5 Å². The second kappa shape index (κ2) is 5.83. The normalized spacial score (nSPS) is 12.5. The van der Waals surface area contributed by atoms with Crippen molar-refractivity contribution in [2.45, 2.75) is 32.6 Å². The number of alkyl halides is 4. The summed E-state index contributed by atoms with van der Waals surface area (Å²) in [6, 6.07) is 2.43. The van der Waals surface area contributed by atoms with Crippen molar-refractivity contribution in [3.8, 4) is 5.82 Å². The van der Waals surface area contributed by atoms with E-state index in [1.807, 2.05) is 0 Å². The lowest BCUT2D eigenvalue weighted by molar-refractivity contribution is -0.205. The minimum absolute atomic E-state index is 0.144. The Morgan fingerprint density at radius 3 is 2.30 bits per heavy atom. The molecular weight excluding hydrogens is 354 g/mol. The number of aromatic nitrogens is 3. The summed E-state index contributed by atoms with van der Waals surface area (Å²) in [4.78, 5) is 4.21. The summed E-state index contributed by atoms with van der Waals surface area (Å²) in [6.07, 6.45) is 0.665. The Bertz CT molecular complexity index is 815. The van der Waals surface area contributed by atoms with Crippen molar-refractivity contribution in [3.05, 3.63) is 44.8 Å². The fraction of sp³-hybridized carbons (Fsp3) is 0.357. The molecule has 124 valence electrons. The van der Waals surface area contributed by atoms with Gasteiger partial charge in [0.25, 0.3) is 0 Å². The highest BCUT2D eigenvalue weighted by Crippen LogP contribution is 2.42. The van der Waals surface area contributed by atoms with Crippen LogP contribution in [0.3, 0.4) is 0 Å². The average Bonchev–Trinajstić information content (AvgIpc) is 2.42. The Morgan fingerprint density at radius 1 is 1.17 bits per heavy atom. The standard InChI is InChI=1S/C14H12ClF4N3S/c1-7-4-10(15)8(2)21-12(7)22-11(23)5-9(6-20-22)14(18,19)13(3,16)17/h4-6H,1-3H3. The third kappa shape index (κ3) is 3.23. The van der Waals surface area contributed by atoms with Gasteiger partial charge in [-0.2, -0.15) is 22.7 Å². The smallest absolute Gasteiger partial charge is 0.232 e. The molecule has 0 amide bonds. The first-order valence-corrected chi connectivity index (χ1v) is 7.23. The summed E-state index contributed by atoms with van der Waals surface area (Å²) >= 11 is 10.9. The van der Waals surface area contributed by atoms with Crippen molar-refractivity contribution in [3.63, 3.8) is 0 Å². The lowest BCUT2D eigenvalue weighted by Gasteiger charge is -2.23. The molecule has 0 aliphatic rings. The number of rotatable bonds is 3. The molecule has 0 spiro atoms. The maximum absolute atomic E-state index is 13.7. The Kier molecular flexibility index (Phi) is 4.51. The van der Waals surface area contributed by atoms with Crippen LogP contribution in [0.1, 0.15) is 23.7 Å². The summed E-state index contributed by atoms with van der Waals surface area (Å²) < 4.78 is 54.5. The topological polar surface area (TPSA) is 30.7 Å². The molecule has 0 fully saturated rings. The zero-order chi connectivity index (χ0) is 17.6. The van der Waals surface area contributed by atoms with Crippen molar-refractivity contribution in [1.82, 2.24) is 14.8 Å².